The van der Waals surface area contributed by atoms with Crippen molar-refractivity contribution in [1.82, 2.24) is 9.97 Å². The molecule has 4 nitrogen and oxygen atoms in total. The average Bonchev–Trinajstić information content (AvgIpc) is 2.23. The molecular weight excluding hydrogens is 216 g/mol. The van der Waals surface area contributed by atoms with E-state index < -0.39 is 13.0 Å². The van der Waals surface area contributed by atoms with E-state index in [2.05, 4.69) is 15.3 Å². The highest BCUT2D eigenvalue weighted by Crippen LogP contribution is 2.05. The normalized spacial score (nSPS) is 10.8. The average molecular weight is 231 g/mol. The van der Waals surface area contributed by atoms with Gasteiger partial charge in [0.2, 0.25) is 0 Å². The first-order valence-electron chi connectivity index (χ1n) is 5.00. The summed E-state index contributed by atoms with van der Waals surface area (Å²) in [6.07, 6.45) is -1.99. The summed E-state index contributed by atoms with van der Waals surface area (Å²) < 4.78 is 28.3. The van der Waals surface area contributed by atoms with Crippen LogP contribution in [-0.4, -0.2) is 36.7 Å². The molecule has 0 saturated carbocycles. The summed E-state index contributed by atoms with van der Waals surface area (Å²) in [5, 5.41) is 2.90. The molecule has 1 heterocycles. The van der Waals surface area contributed by atoms with Crippen molar-refractivity contribution < 1.29 is 13.5 Å². The molecule has 0 radical (unpaired) electrons. The van der Waals surface area contributed by atoms with Gasteiger partial charge in [0, 0.05) is 25.2 Å². The predicted octanol–water partition coefficient (Wildman–Crippen LogP) is 1.65. The maximum atomic E-state index is 11.8. The zero-order valence-electron chi connectivity index (χ0n) is 9.33. The van der Waals surface area contributed by atoms with Crippen molar-refractivity contribution in [3.63, 3.8) is 0 Å². The molecule has 0 fully saturated rings. The molecule has 1 aromatic rings. The second kappa shape index (κ2) is 6.32. The Balaban J connectivity index is 2.44. The first-order valence-corrected chi connectivity index (χ1v) is 5.00. The summed E-state index contributed by atoms with van der Waals surface area (Å²) in [6, 6.07) is 1.81. The highest BCUT2D eigenvalue weighted by atomic mass is 19.3. The lowest BCUT2D eigenvalue weighted by Gasteiger charge is -2.06. The zero-order valence-corrected chi connectivity index (χ0v) is 9.33. The standard InChI is InChI=1S/C10H15F2N3O/c1-7-5-10(13-2)15-9(14-7)3-4-16-6-8(11)12/h5,8H,3-4,6H2,1-2H3,(H,13,14,15). The fourth-order valence-electron chi connectivity index (χ4n) is 1.21. The monoisotopic (exact) mass is 231 g/mol. The second-order valence-corrected chi connectivity index (χ2v) is 3.28. The lowest BCUT2D eigenvalue weighted by atomic mass is 10.3. The number of nitrogens with zero attached hydrogens (tertiary/aromatic N) is 2. The third-order valence-electron chi connectivity index (χ3n) is 1.87. The highest BCUT2D eigenvalue weighted by molar-refractivity contribution is 5.34. The van der Waals surface area contributed by atoms with Crippen molar-refractivity contribution in [2.45, 2.75) is 19.8 Å². The number of ether oxygens (including phenoxy) is 1. The van der Waals surface area contributed by atoms with E-state index in [0.29, 0.717) is 12.2 Å². The second-order valence-electron chi connectivity index (χ2n) is 3.28. The summed E-state index contributed by atoms with van der Waals surface area (Å²) in [7, 11) is 1.76. The first kappa shape index (κ1) is 12.8. The van der Waals surface area contributed by atoms with Crippen LogP contribution in [0.2, 0.25) is 0 Å². The third kappa shape index (κ3) is 4.48. The number of nitrogens with one attached hydrogen (secondary N) is 1. The van der Waals surface area contributed by atoms with Crippen LogP contribution in [0.15, 0.2) is 6.07 Å². The van der Waals surface area contributed by atoms with Crippen LogP contribution in [0, 0.1) is 6.92 Å². The fraction of sp³-hybridized carbons (Fsp3) is 0.600. The lowest BCUT2D eigenvalue weighted by Crippen LogP contribution is -2.09. The molecule has 90 valence electrons. The van der Waals surface area contributed by atoms with Crippen molar-refractivity contribution >= 4 is 5.82 Å². The minimum Gasteiger partial charge on any atom is -0.375 e. The van der Waals surface area contributed by atoms with Gasteiger partial charge in [-0.1, -0.05) is 0 Å². The minimum atomic E-state index is -2.42. The maximum Gasteiger partial charge on any atom is 0.261 e. The van der Waals surface area contributed by atoms with Crippen LogP contribution in [-0.2, 0) is 11.2 Å². The quantitative estimate of drug-likeness (QED) is 0.756. The summed E-state index contributed by atoms with van der Waals surface area (Å²) in [6.45, 7) is 1.52. The number of halogens is 2. The van der Waals surface area contributed by atoms with Crippen LogP contribution in [0.25, 0.3) is 0 Å². The number of rotatable bonds is 6. The lowest BCUT2D eigenvalue weighted by molar-refractivity contribution is 0.0183. The van der Waals surface area contributed by atoms with Crippen LogP contribution in [0.1, 0.15) is 11.5 Å². The molecule has 6 heteroatoms. The van der Waals surface area contributed by atoms with Gasteiger partial charge in [0.05, 0.1) is 6.61 Å². The Bertz CT molecular complexity index is 334. The Labute approximate surface area is 93.1 Å². The number of anilines is 1. The molecular formula is C10H15F2N3O. The Morgan fingerprint density at radius 2 is 2.19 bits per heavy atom. The van der Waals surface area contributed by atoms with Crippen LogP contribution >= 0.6 is 0 Å². The summed E-state index contributed by atoms with van der Waals surface area (Å²) in [4.78, 5) is 8.36. The van der Waals surface area contributed by atoms with Crippen LogP contribution < -0.4 is 5.32 Å². The van der Waals surface area contributed by atoms with Gasteiger partial charge in [-0.05, 0) is 6.92 Å². The van der Waals surface area contributed by atoms with Crippen LogP contribution in [0.4, 0.5) is 14.6 Å². The number of aryl methyl sites for hydroxylation is 1. The third-order valence-corrected chi connectivity index (χ3v) is 1.87. The molecule has 0 unspecified atom stereocenters. The Morgan fingerprint density at radius 1 is 1.44 bits per heavy atom. The molecule has 0 aliphatic rings. The van der Waals surface area contributed by atoms with E-state index in [1.54, 1.807) is 7.05 Å². The SMILES string of the molecule is CNc1cc(C)nc(CCOCC(F)F)n1. The van der Waals surface area contributed by atoms with Gasteiger partial charge in [-0.25, -0.2) is 18.7 Å². The van der Waals surface area contributed by atoms with E-state index in [4.69, 9.17) is 4.74 Å². The molecule has 1 rings (SSSR count). The highest BCUT2D eigenvalue weighted by Gasteiger charge is 2.04. The van der Waals surface area contributed by atoms with E-state index in [-0.39, 0.29) is 6.61 Å². The van der Waals surface area contributed by atoms with Gasteiger partial charge < -0.3 is 10.1 Å². The predicted molar refractivity (Wildman–Crippen MR) is 56.8 cm³/mol. The van der Waals surface area contributed by atoms with Crippen LogP contribution in [0.5, 0.6) is 0 Å². The molecule has 0 spiro atoms. The van der Waals surface area contributed by atoms with Crippen molar-refractivity contribution in [1.29, 1.82) is 0 Å². The smallest absolute Gasteiger partial charge is 0.261 e. The zero-order chi connectivity index (χ0) is 12.0. The van der Waals surface area contributed by atoms with Crippen LogP contribution in [0.3, 0.4) is 0 Å². The summed E-state index contributed by atoms with van der Waals surface area (Å²) in [5.74, 6) is 1.31. The largest absolute Gasteiger partial charge is 0.375 e. The molecule has 1 aromatic heterocycles. The van der Waals surface area contributed by atoms with Gasteiger partial charge in [0.25, 0.3) is 6.43 Å². The molecule has 16 heavy (non-hydrogen) atoms. The maximum absolute atomic E-state index is 11.8. The van der Waals surface area contributed by atoms with E-state index in [0.717, 1.165) is 11.5 Å². The van der Waals surface area contributed by atoms with Crippen molar-refractivity contribution in [3.8, 4) is 0 Å². The number of hydrogen-bond acceptors (Lipinski definition) is 4. The first-order chi connectivity index (χ1) is 7.61. The summed E-state index contributed by atoms with van der Waals surface area (Å²) >= 11 is 0. The van der Waals surface area contributed by atoms with E-state index in [9.17, 15) is 8.78 Å². The van der Waals surface area contributed by atoms with Crippen molar-refractivity contribution in [2.75, 3.05) is 25.6 Å². The molecule has 1 N–H and O–H groups in total. The molecule has 0 atom stereocenters. The number of alkyl halides is 2. The topological polar surface area (TPSA) is 47.0 Å². The fourth-order valence-corrected chi connectivity index (χ4v) is 1.21. The Hall–Kier alpha value is -1.30. The Kier molecular flexibility index (Phi) is 5.04. The van der Waals surface area contributed by atoms with Gasteiger partial charge >= 0.3 is 0 Å². The molecule has 0 amide bonds. The number of aromatic nitrogens is 2. The van der Waals surface area contributed by atoms with E-state index in [1.807, 2.05) is 13.0 Å². The minimum absolute atomic E-state index is 0.205. The van der Waals surface area contributed by atoms with Gasteiger partial charge in [-0.3, -0.25) is 0 Å². The van der Waals surface area contributed by atoms with Crippen molar-refractivity contribution in [2.24, 2.45) is 0 Å². The van der Waals surface area contributed by atoms with Gasteiger partial charge in [0.1, 0.15) is 18.2 Å². The molecule has 0 aliphatic heterocycles. The van der Waals surface area contributed by atoms with E-state index in [1.165, 1.54) is 0 Å². The van der Waals surface area contributed by atoms with Gasteiger partial charge in [-0.15, -0.1) is 0 Å². The Morgan fingerprint density at radius 3 is 2.81 bits per heavy atom. The van der Waals surface area contributed by atoms with Gasteiger partial charge in [-0.2, -0.15) is 0 Å². The summed E-state index contributed by atoms with van der Waals surface area (Å²) in [5.41, 5.74) is 0.836. The number of hydrogen-bond donors (Lipinski definition) is 1. The van der Waals surface area contributed by atoms with Crippen molar-refractivity contribution in [3.05, 3.63) is 17.6 Å². The molecule has 0 aliphatic carbocycles. The molecule has 0 aromatic carbocycles. The molecule has 0 saturated heterocycles. The van der Waals surface area contributed by atoms with Gasteiger partial charge in [0.15, 0.2) is 0 Å². The van der Waals surface area contributed by atoms with E-state index >= 15 is 0 Å². The molecule has 0 bridgehead atoms.